The standard InChI is InChI=1S/C20H22O6/c1-25-19-9-13(3-5-18(19)23)7-15-11-26-20(24)16(15)8-12-2-4-17(22)14(6-12)10-21/h2-6,9,15-16,21-23H,7-8,10-11H2,1H3/t15-,16?/m0/s1. The number of hydrogen-bond donors (Lipinski definition) is 3. The van der Waals surface area contributed by atoms with Crippen molar-refractivity contribution >= 4 is 5.97 Å². The van der Waals surface area contributed by atoms with Crippen molar-refractivity contribution in [1.82, 2.24) is 0 Å². The maximum Gasteiger partial charge on any atom is 0.309 e. The van der Waals surface area contributed by atoms with E-state index >= 15 is 0 Å². The molecule has 3 N–H and O–H groups in total. The Morgan fingerprint density at radius 1 is 1.08 bits per heavy atom. The highest BCUT2D eigenvalue weighted by molar-refractivity contribution is 5.75. The second-order valence-electron chi connectivity index (χ2n) is 6.53. The maximum atomic E-state index is 12.2. The Balaban J connectivity index is 1.76. The highest BCUT2D eigenvalue weighted by Crippen LogP contribution is 2.33. The molecule has 2 aromatic carbocycles. The molecule has 1 aliphatic heterocycles. The molecule has 0 radical (unpaired) electrons. The predicted octanol–water partition coefficient (Wildman–Crippen LogP) is 2.17. The summed E-state index contributed by atoms with van der Waals surface area (Å²) >= 11 is 0. The topological polar surface area (TPSA) is 96.2 Å². The third kappa shape index (κ3) is 3.75. The molecule has 1 aliphatic rings. The van der Waals surface area contributed by atoms with Crippen molar-refractivity contribution in [3.63, 3.8) is 0 Å². The van der Waals surface area contributed by atoms with Crippen molar-refractivity contribution in [3.8, 4) is 17.2 Å². The van der Waals surface area contributed by atoms with Gasteiger partial charge in [-0.2, -0.15) is 0 Å². The number of hydrogen-bond acceptors (Lipinski definition) is 6. The number of aromatic hydroxyl groups is 2. The number of carbonyl (C=O) groups excluding carboxylic acids is 1. The highest BCUT2D eigenvalue weighted by atomic mass is 16.5. The predicted molar refractivity (Wildman–Crippen MR) is 94.0 cm³/mol. The van der Waals surface area contributed by atoms with Gasteiger partial charge in [0.2, 0.25) is 0 Å². The first-order valence-electron chi connectivity index (χ1n) is 8.46. The lowest BCUT2D eigenvalue weighted by Crippen LogP contribution is -2.20. The number of aliphatic hydroxyl groups is 1. The van der Waals surface area contributed by atoms with Gasteiger partial charge in [-0.15, -0.1) is 0 Å². The van der Waals surface area contributed by atoms with Crippen LogP contribution in [-0.2, 0) is 29.0 Å². The van der Waals surface area contributed by atoms with Gasteiger partial charge in [-0.05, 0) is 48.2 Å². The molecule has 0 amide bonds. The third-order valence-corrected chi connectivity index (χ3v) is 4.82. The number of esters is 1. The van der Waals surface area contributed by atoms with Crippen molar-refractivity contribution in [2.45, 2.75) is 19.4 Å². The van der Waals surface area contributed by atoms with E-state index in [2.05, 4.69) is 0 Å². The first-order valence-corrected chi connectivity index (χ1v) is 8.46. The fraction of sp³-hybridized carbons (Fsp3) is 0.350. The van der Waals surface area contributed by atoms with Crippen LogP contribution < -0.4 is 4.74 Å². The average Bonchev–Trinajstić information content (AvgIpc) is 2.98. The summed E-state index contributed by atoms with van der Waals surface area (Å²) in [6.07, 6.45) is 1.10. The van der Waals surface area contributed by atoms with Crippen LogP contribution in [-0.4, -0.2) is 35.0 Å². The monoisotopic (exact) mass is 358 g/mol. The summed E-state index contributed by atoms with van der Waals surface area (Å²) in [5.41, 5.74) is 2.26. The van der Waals surface area contributed by atoms with E-state index in [1.54, 1.807) is 24.3 Å². The molecule has 3 rings (SSSR count). The third-order valence-electron chi connectivity index (χ3n) is 4.82. The number of methoxy groups -OCH3 is 1. The van der Waals surface area contributed by atoms with Gasteiger partial charge < -0.3 is 24.8 Å². The number of aliphatic hydroxyl groups excluding tert-OH is 1. The van der Waals surface area contributed by atoms with Crippen molar-refractivity contribution < 1.29 is 29.6 Å². The molecule has 0 aromatic heterocycles. The second-order valence-corrected chi connectivity index (χ2v) is 6.53. The van der Waals surface area contributed by atoms with Crippen LogP contribution in [0.3, 0.4) is 0 Å². The summed E-state index contributed by atoms with van der Waals surface area (Å²) in [7, 11) is 1.49. The van der Waals surface area contributed by atoms with Gasteiger partial charge in [0, 0.05) is 11.5 Å². The van der Waals surface area contributed by atoms with Crippen LogP contribution >= 0.6 is 0 Å². The van der Waals surface area contributed by atoms with Gasteiger partial charge in [0.25, 0.3) is 0 Å². The number of phenolic OH excluding ortho intramolecular Hbond substituents is 1. The van der Waals surface area contributed by atoms with Crippen molar-refractivity contribution in [3.05, 3.63) is 53.1 Å². The fourth-order valence-corrected chi connectivity index (χ4v) is 3.35. The van der Waals surface area contributed by atoms with Crippen molar-refractivity contribution in [2.24, 2.45) is 11.8 Å². The van der Waals surface area contributed by atoms with Crippen LogP contribution in [0.4, 0.5) is 0 Å². The van der Waals surface area contributed by atoms with Crippen molar-refractivity contribution in [1.29, 1.82) is 0 Å². The SMILES string of the molecule is COc1cc(C[C@H]2COC(=O)C2Cc2ccc(O)c(CO)c2)ccc1O. The van der Waals surface area contributed by atoms with Crippen LogP contribution in [0.1, 0.15) is 16.7 Å². The van der Waals surface area contributed by atoms with Gasteiger partial charge in [0.1, 0.15) is 5.75 Å². The minimum absolute atomic E-state index is 0.00290. The summed E-state index contributed by atoms with van der Waals surface area (Å²) in [4.78, 5) is 12.2. The Labute approximate surface area is 151 Å². The van der Waals surface area contributed by atoms with Crippen LogP contribution in [0.25, 0.3) is 0 Å². The molecule has 6 nitrogen and oxygen atoms in total. The molecule has 2 atom stereocenters. The molecule has 1 fully saturated rings. The number of phenols is 2. The van der Waals surface area contributed by atoms with Gasteiger partial charge in [-0.25, -0.2) is 0 Å². The summed E-state index contributed by atoms with van der Waals surface area (Å²) in [6.45, 7) is 0.0865. The summed E-state index contributed by atoms with van der Waals surface area (Å²) in [6, 6.07) is 10.1. The fourth-order valence-electron chi connectivity index (χ4n) is 3.35. The van der Waals surface area contributed by atoms with Gasteiger partial charge in [-0.3, -0.25) is 4.79 Å². The Morgan fingerprint density at radius 3 is 2.46 bits per heavy atom. The molecule has 0 bridgehead atoms. The average molecular weight is 358 g/mol. The molecule has 138 valence electrons. The second kappa shape index (κ2) is 7.66. The number of carbonyl (C=O) groups is 1. The maximum absolute atomic E-state index is 12.2. The summed E-state index contributed by atoms with van der Waals surface area (Å²) in [5.74, 6) is -0.0195. The van der Waals surface area contributed by atoms with Crippen LogP contribution in [0.15, 0.2) is 36.4 Å². The van der Waals surface area contributed by atoms with E-state index in [1.165, 1.54) is 13.2 Å². The first kappa shape index (κ1) is 18.1. The molecule has 2 aromatic rings. The number of benzene rings is 2. The van der Waals surface area contributed by atoms with E-state index in [0.29, 0.717) is 30.8 Å². The molecule has 0 spiro atoms. The molecule has 26 heavy (non-hydrogen) atoms. The number of cyclic esters (lactones) is 1. The largest absolute Gasteiger partial charge is 0.508 e. The molecule has 0 saturated carbocycles. The smallest absolute Gasteiger partial charge is 0.309 e. The Hall–Kier alpha value is -2.73. The van der Waals surface area contributed by atoms with Crippen LogP contribution in [0.5, 0.6) is 17.2 Å². The van der Waals surface area contributed by atoms with Gasteiger partial charge in [0.15, 0.2) is 11.5 Å². The zero-order chi connectivity index (χ0) is 18.7. The number of rotatable bonds is 6. The Morgan fingerprint density at radius 2 is 1.77 bits per heavy atom. The summed E-state index contributed by atoms with van der Waals surface area (Å²) in [5, 5.41) is 28.7. The summed E-state index contributed by atoms with van der Waals surface area (Å²) < 4.78 is 10.4. The van der Waals surface area contributed by atoms with E-state index in [1.807, 2.05) is 6.07 Å². The quantitative estimate of drug-likeness (QED) is 0.685. The molecule has 1 heterocycles. The zero-order valence-corrected chi connectivity index (χ0v) is 14.5. The zero-order valence-electron chi connectivity index (χ0n) is 14.5. The number of ether oxygens (including phenoxy) is 2. The molecular formula is C20H22O6. The minimum Gasteiger partial charge on any atom is -0.508 e. The molecular weight excluding hydrogens is 336 g/mol. The first-order chi connectivity index (χ1) is 12.5. The van der Waals surface area contributed by atoms with Gasteiger partial charge in [-0.1, -0.05) is 12.1 Å². The van der Waals surface area contributed by atoms with Crippen LogP contribution in [0, 0.1) is 11.8 Å². The molecule has 1 saturated heterocycles. The van der Waals surface area contributed by atoms with Gasteiger partial charge >= 0.3 is 5.97 Å². The Kier molecular flexibility index (Phi) is 5.32. The lowest BCUT2D eigenvalue weighted by Gasteiger charge is -2.16. The highest BCUT2D eigenvalue weighted by Gasteiger charge is 2.37. The molecule has 0 aliphatic carbocycles. The van der Waals surface area contributed by atoms with Crippen LogP contribution in [0.2, 0.25) is 0 Å². The van der Waals surface area contributed by atoms with E-state index in [4.69, 9.17) is 9.47 Å². The molecule has 6 heteroatoms. The van der Waals surface area contributed by atoms with E-state index in [0.717, 1.165) is 11.1 Å². The van der Waals surface area contributed by atoms with Gasteiger partial charge in [0.05, 0.1) is 26.2 Å². The molecule has 1 unspecified atom stereocenters. The Bertz CT molecular complexity index is 801. The van der Waals surface area contributed by atoms with E-state index in [-0.39, 0.29) is 35.9 Å². The lowest BCUT2D eigenvalue weighted by atomic mass is 9.84. The van der Waals surface area contributed by atoms with E-state index in [9.17, 15) is 20.1 Å². The normalized spacial score (nSPS) is 19.4. The van der Waals surface area contributed by atoms with Crippen molar-refractivity contribution in [2.75, 3.05) is 13.7 Å². The van der Waals surface area contributed by atoms with E-state index < -0.39 is 0 Å². The minimum atomic E-state index is -0.300. The lowest BCUT2D eigenvalue weighted by molar-refractivity contribution is -0.141.